The summed E-state index contributed by atoms with van der Waals surface area (Å²) < 4.78 is 0. The Morgan fingerprint density at radius 1 is 0.933 bits per heavy atom. The van der Waals surface area contributed by atoms with Crippen LogP contribution in [0.25, 0.3) is 0 Å². The first-order chi connectivity index (χ1) is 14.5. The summed E-state index contributed by atoms with van der Waals surface area (Å²) in [6.07, 6.45) is -0.186. The third kappa shape index (κ3) is 4.04. The van der Waals surface area contributed by atoms with E-state index in [1.54, 1.807) is 72.8 Å². The summed E-state index contributed by atoms with van der Waals surface area (Å²) in [6.45, 7) is 0. The van der Waals surface area contributed by atoms with Gasteiger partial charge in [-0.25, -0.2) is 0 Å². The van der Waals surface area contributed by atoms with Crippen LogP contribution in [0.15, 0.2) is 78.9 Å². The Balaban J connectivity index is 1.66. The Morgan fingerprint density at radius 3 is 2.33 bits per heavy atom. The van der Waals surface area contributed by atoms with E-state index in [0.29, 0.717) is 27.6 Å². The Hall–Kier alpha value is -3.64. The van der Waals surface area contributed by atoms with Gasteiger partial charge in [0.25, 0.3) is 5.91 Å². The van der Waals surface area contributed by atoms with Crippen LogP contribution >= 0.6 is 11.6 Å². The summed E-state index contributed by atoms with van der Waals surface area (Å²) in [7, 11) is 0. The Morgan fingerprint density at radius 2 is 1.60 bits per heavy atom. The first-order valence-electron chi connectivity index (χ1n) is 9.37. The van der Waals surface area contributed by atoms with Crippen LogP contribution in [-0.4, -0.2) is 23.8 Å². The first kappa shape index (κ1) is 19.7. The van der Waals surface area contributed by atoms with Gasteiger partial charge in [-0.05, 0) is 48.5 Å². The number of benzene rings is 3. The standard InChI is InChI=1S/C23H18ClN3O3/c24-16-12-10-15(11-13-16)23(30)27-19-9-5-4-8-18(19)26-22(29)20(27)14-21(28)25-17-6-2-1-3-7-17/h1-13,20H,14H2,(H,25,28)(H,26,29). The predicted octanol–water partition coefficient (Wildman–Crippen LogP) is 4.34. The predicted molar refractivity (Wildman–Crippen MR) is 117 cm³/mol. The molecule has 1 heterocycles. The zero-order valence-electron chi connectivity index (χ0n) is 15.8. The molecule has 7 heteroatoms. The number of rotatable bonds is 4. The van der Waals surface area contributed by atoms with Crippen LogP contribution in [0.1, 0.15) is 16.8 Å². The molecule has 3 aromatic rings. The number of halogens is 1. The molecule has 0 spiro atoms. The molecule has 6 nitrogen and oxygen atoms in total. The first-order valence-corrected chi connectivity index (χ1v) is 9.74. The molecule has 2 N–H and O–H groups in total. The molecule has 30 heavy (non-hydrogen) atoms. The average Bonchev–Trinajstić information content (AvgIpc) is 2.75. The maximum atomic E-state index is 13.3. The number of hydrogen-bond donors (Lipinski definition) is 2. The molecule has 1 aliphatic heterocycles. The van der Waals surface area contributed by atoms with Crippen molar-refractivity contribution in [3.05, 3.63) is 89.4 Å². The lowest BCUT2D eigenvalue weighted by atomic mass is 10.0. The highest BCUT2D eigenvalue weighted by molar-refractivity contribution is 6.30. The van der Waals surface area contributed by atoms with Crippen molar-refractivity contribution < 1.29 is 14.4 Å². The fourth-order valence-electron chi connectivity index (χ4n) is 3.37. The number of anilines is 3. The molecule has 0 aliphatic carbocycles. The molecule has 0 saturated carbocycles. The van der Waals surface area contributed by atoms with Gasteiger partial charge in [0.05, 0.1) is 17.8 Å². The highest BCUT2D eigenvalue weighted by atomic mass is 35.5. The molecular weight excluding hydrogens is 402 g/mol. The van der Waals surface area contributed by atoms with Gasteiger partial charge >= 0.3 is 0 Å². The lowest BCUT2D eigenvalue weighted by molar-refractivity contribution is -0.122. The van der Waals surface area contributed by atoms with Gasteiger partial charge in [0.2, 0.25) is 11.8 Å². The summed E-state index contributed by atoms with van der Waals surface area (Å²) >= 11 is 5.94. The van der Waals surface area contributed by atoms with Crippen LogP contribution < -0.4 is 15.5 Å². The fourth-order valence-corrected chi connectivity index (χ4v) is 3.49. The summed E-state index contributed by atoms with van der Waals surface area (Å²) in [6, 6.07) is 21.4. The molecule has 0 radical (unpaired) electrons. The number of amides is 3. The van der Waals surface area contributed by atoms with E-state index in [9.17, 15) is 14.4 Å². The van der Waals surface area contributed by atoms with E-state index < -0.39 is 11.9 Å². The van der Waals surface area contributed by atoms with E-state index in [1.807, 2.05) is 6.07 Å². The Labute approximate surface area is 178 Å². The quantitative estimate of drug-likeness (QED) is 0.660. The zero-order valence-corrected chi connectivity index (χ0v) is 16.6. The molecule has 3 aromatic carbocycles. The normalized spacial score (nSPS) is 15.2. The highest BCUT2D eigenvalue weighted by Crippen LogP contribution is 2.34. The molecule has 1 aliphatic rings. The van der Waals surface area contributed by atoms with E-state index in [4.69, 9.17) is 11.6 Å². The minimum Gasteiger partial charge on any atom is -0.326 e. The van der Waals surface area contributed by atoms with Gasteiger partial charge < -0.3 is 10.6 Å². The monoisotopic (exact) mass is 419 g/mol. The lowest BCUT2D eigenvalue weighted by Gasteiger charge is -2.36. The summed E-state index contributed by atoms with van der Waals surface area (Å²) in [5, 5.41) is 6.06. The summed E-state index contributed by atoms with van der Waals surface area (Å²) in [4.78, 5) is 40.2. The van der Waals surface area contributed by atoms with E-state index in [2.05, 4.69) is 10.6 Å². The second-order valence-electron chi connectivity index (χ2n) is 6.82. The largest absolute Gasteiger partial charge is 0.326 e. The minimum atomic E-state index is -0.994. The van der Waals surface area contributed by atoms with Gasteiger partial charge in [-0.1, -0.05) is 41.9 Å². The van der Waals surface area contributed by atoms with Gasteiger partial charge in [0.1, 0.15) is 6.04 Å². The number of nitrogens with one attached hydrogen (secondary N) is 2. The van der Waals surface area contributed by atoms with Crippen molar-refractivity contribution in [2.24, 2.45) is 0 Å². The van der Waals surface area contributed by atoms with Crippen molar-refractivity contribution in [2.75, 3.05) is 15.5 Å². The molecule has 1 unspecified atom stereocenters. The molecule has 4 rings (SSSR count). The molecule has 0 saturated heterocycles. The molecule has 3 amide bonds. The number of carbonyl (C=O) groups excluding carboxylic acids is 3. The van der Waals surface area contributed by atoms with Crippen molar-refractivity contribution >= 4 is 46.4 Å². The van der Waals surface area contributed by atoms with Crippen LogP contribution in [0.3, 0.4) is 0 Å². The maximum absolute atomic E-state index is 13.3. The van der Waals surface area contributed by atoms with Gasteiger partial charge in [0, 0.05) is 16.3 Å². The van der Waals surface area contributed by atoms with Gasteiger partial charge in [0.15, 0.2) is 0 Å². The van der Waals surface area contributed by atoms with Crippen LogP contribution in [-0.2, 0) is 9.59 Å². The average molecular weight is 420 g/mol. The van der Waals surface area contributed by atoms with Gasteiger partial charge in [-0.2, -0.15) is 0 Å². The third-order valence-corrected chi connectivity index (χ3v) is 5.03. The molecular formula is C23H18ClN3O3. The van der Waals surface area contributed by atoms with Crippen LogP contribution in [0.2, 0.25) is 5.02 Å². The van der Waals surface area contributed by atoms with Crippen LogP contribution in [0.4, 0.5) is 17.1 Å². The Bertz CT molecular complexity index is 1100. The van der Waals surface area contributed by atoms with Crippen molar-refractivity contribution in [3.63, 3.8) is 0 Å². The zero-order chi connectivity index (χ0) is 21.1. The van der Waals surface area contributed by atoms with Crippen molar-refractivity contribution in [1.29, 1.82) is 0 Å². The number of para-hydroxylation sites is 3. The number of nitrogens with zero attached hydrogens (tertiary/aromatic N) is 1. The van der Waals surface area contributed by atoms with Crippen molar-refractivity contribution in [3.8, 4) is 0 Å². The van der Waals surface area contributed by atoms with E-state index >= 15 is 0 Å². The minimum absolute atomic E-state index is 0.186. The molecule has 0 bridgehead atoms. The molecule has 1 atom stereocenters. The van der Waals surface area contributed by atoms with E-state index in [1.165, 1.54) is 4.90 Å². The number of fused-ring (bicyclic) bond motifs is 1. The lowest BCUT2D eigenvalue weighted by Crippen LogP contribution is -2.52. The van der Waals surface area contributed by atoms with Crippen molar-refractivity contribution in [1.82, 2.24) is 0 Å². The summed E-state index contributed by atoms with van der Waals surface area (Å²) in [5.41, 5.74) is 2.05. The van der Waals surface area contributed by atoms with E-state index in [0.717, 1.165) is 0 Å². The number of hydrogen-bond acceptors (Lipinski definition) is 3. The third-order valence-electron chi connectivity index (χ3n) is 4.78. The van der Waals surface area contributed by atoms with Gasteiger partial charge in [-0.15, -0.1) is 0 Å². The van der Waals surface area contributed by atoms with E-state index in [-0.39, 0.29) is 18.2 Å². The number of carbonyl (C=O) groups is 3. The topological polar surface area (TPSA) is 78.5 Å². The highest BCUT2D eigenvalue weighted by Gasteiger charge is 2.38. The smallest absolute Gasteiger partial charge is 0.259 e. The second-order valence-corrected chi connectivity index (χ2v) is 7.26. The fraction of sp³-hybridized carbons (Fsp3) is 0.0870. The SMILES string of the molecule is O=C(CC1C(=O)Nc2ccccc2N1C(=O)c1ccc(Cl)cc1)Nc1ccccc1. The molecule has 150 valence electrons. The van der Waals surface area contributed by atoms with Crippen LogP contribution in [0, 0.1) is 0 Å². The van der Waals surface area contributed by atoms with Gasteiger partial charge in [-0.3, -0.25) is 19.3 Å². The van der Waals surface area contributed by atoms with Crippen molar-refractivity contribution in [2.45, 2.75) is 12.5 Å². The Kier molecular flexibility index (Phi) is 5.50. The summed E-state index contributed by atoms with van der Waals surface area (Å²) in [5.74, 6) is -1.17. The van der Waals surface area contributed by atoms with Crippen LogP contribution in [0.5, 0.6) is 0 Å². The second kappa shape index (κ2) is 8.39. The maximum Gasteiger partial charge on any atom is 0.259 e. The molecule has 0 fully saturated rings. The molecule has 0 aromatic heterocycles.